The Morgan fingerprint density at radius 3 is 2.20 bits per heavy atom. The molecular formula is C27H27B6NO. The fourth-order valence-corrected chi connectivity index (χ4v) is 6.16. The molecule has 5 aromatic rings. The molecule has 0 amide bonds. The van der Waals surface area contributed by atoms with Crippen LogP contribution in [0.25, 0.3) is 44.3 Å². The molecule has 0 fully saturated rings. The Morgan fingerprint density at radius 2 is 1.46 bits per heavy atom. The molecule has 0 bridgehead atoms. The van der Waals surface area contributed by atoms with Crippen LogP contribution >= 0.6 is 0 Å². The van der Waals surface area contributed by atoms with Gasteiger partial charge in [0.05, 0.1) is 21.4 Å². The van der Waals surface area contributed by atoms with Crippen molar-refractivity contribution in [3.63, 3.8) is 0 Å². The fourth-order valence-electron chi connectivity index (χ4n) is 6.16. The smallest absolute Gasteiger partial charge is 0.143 e. The molecule has 0 aliphatic heterocycles. The van der Waals surface area contributed by atoms with Crippen LogP contribution in [0.15, 0.2) is 77.3 Å². The van der Waals surface area contributed by atoms with E-state index in [0.29, 0.717) is 0 Å². The van der Waals surface area contributed by atoms with Crippen LogP contribution in [0.1, 0.15) is 16.7 Å². The number of aryl methyl sites for hydroxylation is 1. The van der Waals surface area contributed by atoms with Crippen LogP contribution in [0, 0.1) is 6.92 Å². The maximum absolute atomic E-state index is 6.52. The van der Waals surface area contributed by atoms with Gasteiger partial charge in [0, 0.05) is 28.1 Å². The van der Waals surface area contributed by atoms with Crippen molar-refractivity contribution in [1.29, 1.82) is 0 Å². The molecule has 1 aliphatic rings. The lowest BCUT2D eigenvalue weighted by molar-refractivity contribution is 0.666. The molecule has 2 aromatic heterocycles. The molecule has 2 heterocycles. The van der Waals surface area contributed by atoms with Crippen molar-refractivity contribution in [2.75, 3.05) is 0 Å². The van der Waals surface area contributed by atoms with Gasteiger partial charge in [-0.05, 0) is 60.5 Å². The van der Waals surface area contributed by atoms with E-state index in [1.807, 2.05) is 18.3 Å². The minimum atomic E-state index is 0.0657. The van der Waals surface area contributed by atoms with Crippen molar-refractivity contribution in [3.8, 4) is 22.4 Å². The van der Waals surface area contributed by atoms with Gasteiger partial charge in [-0.3, -0.25) is 4.98 Å². The number of pyridine rings is 1. The second kappa shape index (κ2) is 7.26. The molecule has 2 nitrogen and oxygen atoms in total. The van der Waals surface area contributed by atoms with Crippen molar-refractivity contribution >= 4 is 69.0 Å². The van der Waals surface area contributed by atoms with Crippen molar-refractivity contribution in [2.24, 2.45) is 0 Å². The van der Waals surface area contributed by atoms with Crippen LogP contribution in [-0.4, -0.2) is 52.1 Å². The molecule has 0 spiro atoms. The highest BCUT2D eigenvalue weighted by Gasteiger charge is 2.55. The van der Waals surface area contributed by atoms with Gasteiger partial charge in [0.1, 0.15) is 42.6 Å². The highest BCUT2D eigenvalue weighted by molar-refractivity contribution is 6.63. The summed E-state index contributed by atoms with van der Waals surface area (Å²) in [6.07, 6.45) is 1.84. The second-order valence-electron chi connectivity index (χ2n) is 11.9. The van der Waals surface area contributed by atoms with Gasteiger partial charge in [0.2, 0.25) is 0 Å². The number of nitrogens with zero attached hydrogens (tertiary/aromatic N) is 1. The number of hydrogen-bond acceptors (Lipinski definition) is 2. The van der Waals surface area contributed by atoms with Crippen LogP contribution in [0.2, 0.25) is 5.21 Å². The monoisotopic (exact) mass is 447 g/mol. The molecule has 3 aromatic carbocycles. The fraction of sp³-hybridized carbons (Fsp3) is 0.148. The zero-order chi connectivity index (χ0) is 24.8. The molecule has 0 N–H and O–H groups in total. The summed E-state index contributed by atoms with van der Waals surface area (Å²) in [6.45, 7) is 2.17. The van der Waals surface area contributed by atoms with Crippen LogP contribution in [0.3, 0.4) is 0 Å². The summed E-state index contributed by atoms with van der Waals surface area (Å²) in [7, 11) is 14.4. The van der Waals surface area contributed by atoms with Gasteiger partial charge in [0.25, 0.3) is 0 Å². The molecule has 6 rings (SSSR count). The third kappa shape index (κ3) is 3.01. The first-order valence-electron chi connectivity index (χ1n) is 12.6. The zero-order valence-corrected chi connectivity index (χ0v) is 21.8. The van der Waals surface area contributed by atoms with Crippen LogP contribution < -0.4 is 0 Å². The Labute approximate surface area is 212 Å². The number of fused-ring (bicyclic) bond motifs is 4. The van der Waals surface area contributed by atoms with Crippen molar-refractivity contribution in [3.05, 3.63) is 89.6 Å². The minimum Gasteiger partial charge on any atom is -0.455 e. The predicted octanol–water partition coefficient (Wildman–Crippen LogP) is 0.857. The van der Waals surface area contributed by atoms with Gasteiger partial charge in [-0.25, -0.2) is 0 Å². The van der Waals surface area contributed by atoms with Gasteiger partial charge in [-0.2, -0.15) is 0 Å². The van der Waals surface area contributed by atoms with Gasteiger partial charge in [-0.15, -0.1) is 0 Å². The average Bonchev–Trinajstić information content (AvgIpc) is 3.25. The van der Waals surface area contributed by atoms with Crippen LogP contribution in [0.5, 0.6) is 0 Å². The lowest BCUT2D eigenvalue weighted by Crippen LogP contribution is -2.49. The SMILES string of the molecule is BC1(B)c2ccc(-c3cc(C)cc4c3oc3ccc(-c5ccccn5)cc34)cc2C(B)(B)C1(B)B. The maximum Gasteiger partial charge on any atom is 0.143 e. The summed E-state index contributed by atoms with van der Waals surface area (Å²) < 4.78 is 6.52. The van der Waals surface area contributed by atoms with E-state index in [1.165, 1.54) is 22.3 Å². The second-order valence-corrected chi connectivity index (χ2v) is 11.9. The van der Waals surface area contributed by atoms with E-state index < -0.39 is 0 Å². The molecule has 0 saturated carbocycles. The summed E-state index contributed by atoms with van der Waals surface area (Å²) in [5, 5.41) is 2.61. The van der Waals surface area contributed by atoms with Gasteiger partial charge < -0.3 is 4.42 Å². The molecule has 164 valence electrons. The lowest BCUT2D eigenvalue weighted by Gasteiger charge is -2.46. The first-order valence-corrected chi connectivity index (χ1v) is 12.6. The molecule has 0 saturated heterocycles. The van der Waals surface area contributed by atoms with Crippen LogP contribution in [-0.2, 0) is 10.4 Å². The highest BCUT2D eigenvalue weighted by Crippen LogP contribution is 2.58. The Hall–Kier alpha value is -3.00. The summed E-state index contributed by atoms with van der Waals surface area (Å²) in [6, 6.07) is 24.0. The molecule has 35 heavy (non-hydrogen) atoms. The highest BCUT2D eigenvalue weighted by atomic mass is 16.3. The van der Waals surface area contributed by atoms with Gasteiger partial charge in [-0.1, -0.05) is 51.0 Å². The Morgan fingerprint density at radius 1 is 0.714 bits per heavy atom. The van der Waals surface area contributed by atoms with E-state index in [2.05, 4.69) is 114 Å². The summed E-state index contributed by atoms with van der Waals surface area (Å²) >= 11 is 0. The van der Waals surface area contributed by atoms with E-state index >= 15 is 0 Å². The average molecular weight is 446 g/mol. The third-order valence-corrected chi connectivity index (χ3v) is 9.48. The normalized spacial score (nSPS) is 17.5. The molecule has 0 radical (unpaired) electrons. The van der Waals surface area contributed by atoms with Crippen molar-refractivity contribution in [2.45, 2.75) is 22.6 Å². The maximum atomic E-state index is 6.52. The van der Waals surface area contributed by atoms with E-state index in [9.17, 15) is 0 Å². The summed E-state index contributed by atoms with van der Waals surface area (Å²) in [5.74, 6) is 0. The predicted molar refractivity (Wildman–Crippen MR) is 164 cm³/mol. The largest absolute Gasteiger partial charge is 0.455 e. The molecule has 0 unspecified atom stereocenters. The third-order valence-electron chi connectivity index (χ3n) is 9.48. The Bertz CT molecular complexity index is 1640. The number of benzene rings is 3. The van der Waals surface area contributed by atoms with E-state index in [0.717, 1.165) is 38.8 Å². The zero-order valence-electron chi connectivity index (χ0n) is 21.8. The number of furan rings is 1. The van der Waals surface area contributed by atoms with Gasteiger partial charge >= 0.3 is 0 Å². The number of hydrogen-bond donors (Lipinski definition) is 0. The van der Waals surface area contributed by atoms with E-state index in [1.54, 1.807) is 0 Å². The molecule has 1 aliphatic carbocycles. The summed E-state index contributed by atoms with van der Waals surface area (Å²) in [4.78, 5) is 4.54. The quantitative estimate of drug-likeness (QED) is 0.376. The van der Waals surface area contributed by atoms with Gasteiger partial charge in [0.15, 0.2) is 0 Å². The van der Waals surface area contributed by atoms with E-state index in [-0.39, 0.29) is 15.6 Å². The number of rotatable bonds is 2. The topological polar surface area (TPSA) is 26.0 Å². The first-order chi connectivity index (χ1) is 16.5. The minimum absolute atomic E-state index is 0.0657. The summed E-state index contributed by atoms with van der Waals surface area (Å²) in [5.41, 5.74) is 10.5. The van der Waals surface area contributed by atoms with Crippen LogP contribution in [0.4, 0.5) is 0 Å². The lowest BCUT2D eigenvalue weighted by atomic mass is 9.20. The van der Waals surface area contributed by atoms with Crippen molar-refractivity contribution in [1.82, 2.24) is 4.98 Å². The molecule has 0 atom stereocenters. The van der Waals surface area contributed by atoms with Crippen molar-refractivity contribution < 1.29 is 4.42 Å². The molecular weight excluding hydrogens is 419 g/mol. The first kappa shape index (κ1) is 22.5. The van der Waals surface area contributed by atoms with E-state index in [4.69, 9.17) is 4.42 Å². The molecule has 8 heteroatoms. The Kier molecular flexibility index (Phi) is 4.66. The Balaban J connectivity index is 1.58. The standard InChI is InChI=1S/C27H27B6NO/c1-14-10-17(15-5-7-20-21(13-15)26(30,31)27(32,33)25(20,28)29)24-19(11-14)18-12-16(6-8-23(18)35-24)22-4-2-3-9-34-22/h2-13H,28-33H2,1H3. The number of aromatic nitrogens is 1.